The number of rotatable bonds is 12. The number of nitrogens with one attached hydrogen (secondary N) is 2. The number of benzene rings is 2. The summed E-state index contributed by atoms with van der Waals surface area (Å²) in [6, 6.07) is 16.2. The molecule has 9 heteroatoms. The lowest BCUT2D eigenvalue weighted by molar-refractivity contribution is -0.166. The summed E-state index contributed by atoms with van der Waals surface area (Å²) >= 11 is 0. The van der Waals surface area contributed by atoms with Gasteiger partial charge in [0.15, 0.2) is 0 Å². The number of carbonyl (C=O) groups is 3. The summed E-state index contributed by atoms with van der Waals surface area (Å²) in [5.41, 5.74) is 1.33. The molecule has 4 atom stereocenters. The number of epoxide rings is 1. The van der Waals surface area contributed by atoms with Gasteiger partial charge in [0.1, 0.15) is 30.0 Å². The van der Waals surface area contributed by atoms with Crippen molar-refractivity contribution in [2.75, 3.05) is 6.61 Å². The van der Waals surface area contributed by atoms with Gasteiger partial charge in [-0.05, 0) is 56.7 Å². The number of unbranched alkanes of at least 4 members (excludes halogenated alkanes) is 1. The van der Waals surface area contributed by atoms with E-state index in [0.29, 0.717) is 32.3 Å². The van der Waals surface area contributed by atoms with E-state index in [1.807, 2.05) is 74.6 Å². The van der Waals surface area contributed by atoms with Gasteiger partial charge in [0.05, 0.1) is 6.61 Å². The number of ether oxygens (including phenoxy) is 4. The number of hydrogen-bond donors (Lipinski definition) is 2. The molecule has 9 nitrogen and oxygen atoms in total. The van der Waals surface area contributed by atoms with Crippen molar-refractivity contribution in [1.82, 2.24) is 10.3 Å². The summed E-state index contributed by atoms with van der Waals surface area (Å²) in [4.78, 5) is 42.4. The fourth-order valence-electron chi connectivity index (χ4n) is 5.99. The van der Waals surface area contributed by atoms with E-state index in [1.165, 1.54) is 0 Å². The van der Waals surface area contributed by atoms with Crippen LogP contribution in [0.1, 0.15) is 63.5 Å². The minimum Gasteiger partial charge on any atom is -0.459 e. The number of H-pyrrole nitrogens is 1. The standard InChI is InChI=1S/C35H40N2O7/c1-4-5-7-16-31(38)44-34(2,3)26-17-18-35(23-42-35)30(20-26)43-33(40)37-29(32(39)41-22-24-12-8-6-9-13-24)19-25-21-36-28-15-11-10-14-27(25)28/h1,6,8-15,21,26,29-30,36H,5,7,16-20,22-23H2,2-3H3,(H,37,40). The predicted octanol–water partition coefficient (Wildman–Crippen LogP) is 5.61. The topological polar surface area (TPSA) is 119 Å². The molecule has 1 saturated heterocycles. The average Bonchev–Trinajstić information content (AvgIpc) is 3.67. The molecule has 1 aliphatic carbocycles. The molecule has 44 heavy (non-hydrogen) atoms. The molecule has 1 amide bonds. The van der Waals surface area contributed by atoms with Crippen molar-refractivity contribution >= 4 is 28.9 Å². The molecule has 2 N–H and O–H groups in total. The van der Waals surface area contributed by atoms with E-state index >= 15 is 0 Å². The molecule has 0 radical (unpaired) electrons. The highest BCUT2D eigenvalue weighted by Gasteiger charge is 2.58. The third kappa shape index (κ3) is 7.61. The number of aromatic amines is 1. The first-order valence-electron chi connectivity index (χ1n) is 15.2. The molecule has 3 aromatic rings. The van der Waals surface area contributed by atoms with Crippen LogP contribution in [-0.2, 0) is 41.6 Å². The van der Waals surface area contributed by atoms with E-state index in [2.05, 4.69) is 16.2 Å². The Bertz CT molecular complexity index is 1500. The van der Waals surface area contributed by atoms with Crippen molar-refractivity contribution in [1.29, 1.82) is 0 Å². The van der Waals surface area contributed by atoms with Crippen LogP contribution in [0.25, 0.3) is 10.9 Å². The number of aromatic nitrogens is 1. The Balaban J connectivity index is 1.25. The van der Waals surface area contributed by atoms with Crippen LogP contribution >= 0.6 is 0 Å². The van der Waals surface area contributed by atoms with Gasteiger partial charge in [-0.3, -0.25) is 4.79 Å². The summed E-state index contributed by atoms with van der Waals surface area (Å²) in [6.07, 6.45) is 9.31. The molecular formula is C35H40N2O7. The van der Waals surface area contributed by atoms with Crippen LogP contribution in [-0.4, -0.2) is 53.0 Å². The average molecular weight is 601 g/mol. The Morgan fingerprint density at radius 3 is 2.66 bits per heavy atom. The minimum absolute atomic E-state index is 0.0513. The quantitative estimate of drug-likeness (QED) is 0.0912. The first-order valence-corrected chi connectivity index (χ1v) is 15.2. The highest BCUT2D eigenvalue weighted by atomic mass is 16.6. The van der Waals surface area contributed by atoms with Crippen molar-refractivity contribution in [3.05, 3.63) is 71.9 Å². The zero-order valence-corrected chi connectivity index (χ0v) is 25.3. The Morgan fingerprint density at radius 2 is 1.91 bits per heavy atom. The molecule has 4 unspecified atom stereocenters. The van der Waals surface area contributed by atoms with Gasteiger partial charge < -0.3 is 29.2 Å². The maximum Gasteiger partial charge on any atom is 0.408 e. The van der Waals surface area contributed by atoms with E-state index in [1.54, 1.807) is 0 Å². The van der Waals surface area contributed by atoms with Gasteiger partial charge >= 0.3 is 18.0 Å². The summed E-state index contributed by atoms with van der Waals surface area (Å²) in [5, 5.41) is 3.74. The summed E-state index contributed by atoms with van der Waals surface area (Å²) < 4.78 is 23.3. The second kappa shape index (κ2) is 13.6. The summed E-state index contributed by atoms with van der Waals surface area (Å²) in [7, 11) is 0. The Labute approximate surface area is 258 Å². The maximum absolute atomic E-state index is 13.4. The first kappa shape index (κ1) is 31.1. The van der Waals surface area contributed by atoms with Crippen LogP contribution in [0.3, 0.4) is 0 Å². The van der Waals surface area contributed by atoms with Crippen LogP contribution in [0.2, 0.25) is 0 Å². The predicted molar refractivity (Wildman–Crippen MR) is 164 cm³/mol. The fraction of sp³-hybridized carbons (Fsp3) is 0.457. The molecule has 2 aromatic carbocycles. The van der Waals surface area contributed by atoms with Crippen molar-refractivity contribution in [2.24, 2.45) is 5.92 Å². The highest BCUT2D eigenvalue weighted by Crippen LogP contribution is 2.48. The number of terminal acetylenes is 1. The number of para-hydroxylation sites is 1. The summed E-state index contributed by atoms with van der Waals surface area (Å²) in [6.45, 7) is 4.35. The molecule has 2 fully saturated rings. The van der Waals surface area contributed by atoms with Gasteiger partial charge in [-0.25, -0.2) is 9.59 Å². The van der Waals surface area contributed by atoms with Gasteiger partial charge in [0.25, 0.3) is 0 Å². The largest absolute Gasteiger partial charge is 0.459 e. The molecule has 2 aliphatic rings. The van der Waals surface area contributed by atoms with Crippen molar-refractivity contribution in [3.8, 4) is 12.3 Å². The molecular weight excluding hydrogens is 560 g/mol. The zero-order chi connectivity index (χ0) is 31.2. The molecule has 5 rings (SSSR count). The van der Waals surface area contributed by atoms with Crippen LogP contribution < -0.4 is 5.32 Å². The second-order valence-electron chi connectivity index (χ2n) is 12.2. The van der Waals surface area contributed by atoms with E-state index in [4.69, 9.17) is 25.4 Å². The minimum atomic E-state index is -0.985. The molecule has 232 valence electrons. The maximum atomic E-state index is 13.4. The molecule has 1 aliphatic heterocycles. The molecule has 1 saturated carbocycles. The SMILES string of the molecule is C#CCCCC(=O)OC(C)(C)C1CCC2(CO2)C(OC(=O)NC(Cc2c[nH]c3ccccc23)C(=O)OCc2ccccc2)C1. The van der Waals surface area contributed by atoms with E-state index in [-0.39, 0.29) is 31.3 Å². The van der Waals surface area contributed by atoms with Crippen LogP contribution in [0.5, 0.6) is 0 Å². The number of fused-ring (bicyclic) bond motifs is 1. The smallest absolute Gasteiger partial charge is 0.408 e. The Morgan fingerprint density at radius 1 is 1.16 bits per heavy atom. The number of carbonyl (C=O) groups excluding carboxylic acids is 3. The lowest BCUT2D eigenvalue weighted by Crippen LogP contribution is -2.50. The normalized spacial score (nSPS) is 21.7. The Hall–Kier alpha value is -4.29. The lowest BCUT2D eigenvalue weighted by atomic mass is 9.73. The monoisotopic (exact) mass is 600 g/mol. The third-order valence-corrected chi connectivity index (χ3v) is 8.73. The number of alkyl carbamates (subject to hydrolysis) is 1. The lowest BCUT2D eigenvalue weighted by Gasteiger charge is -2.41. The summed E-state index contributed by atoms with van der Waals surface area (Å²) in [5.74, 6) is 1.63. The third-order valence-electron chi connectivity index (χ3n) is 8.73. The van der Waals surface area contributed by atoms with Crippen LogP contribution in [0.15, 0.2) is 60.8 Å². The Kier molecular flexibility index (Phi) is 9.60. The van der Waals surface area contributed by atoms with Gasteiger partial charge in [0, 0.05) is 42.3 Å². The number of esters is 2. The molecule has 1 aromatic heterocycles. The highest BCUT2D eigenvalue weighted by molar-refractivity contribution is 5.86. The van der Waals surface area contributed by atoms with E-state index in [0.717, 1.165) is 28.5 Å². The van der Waals surface area contributed by atoms with Crippen molar-refractivity contribution in [3.63, 3.8) is 0 Å². The van der Waals surface area contributed by atoms with Gasteiger partial charge in [-0.1, -0.05) is 48.5 Å². The van der Waals surface area contributed by atoms with Gasteiger partial charge in [-0.15, -0.1) is 12.3 Å². The van der Waals surface area contributed by atoms with Crippen molar-refractivity contribution < 1.29 is 33.3 Å². The number of amides is 1. The molecule has 0 bridgehead atoms. The van der Waals surface area contributed by atoms with Crippen LogP contribution in [0, 0.1) is 18.3 Å². The van der Waals surface area contributed by atoms with Gasteiger partial charge in [-0.2, -0.15) is 0 Å². The zero-order valence-electron chi connectivity index (χ0n) is 25.3. The second-order valence-corrected chi connectivity index (χ2v) is 12.2. The fourth-order valence-corrected chi connectivity index (χ4v) is 5.99. The van der Waals surface area contributed by atoms with Crippen molar-refractivity contribution in [2.45, 2.75) is 88.7 Å². The van der Waals surface area contributed by atoms with Gasteiger partial charge in [0.2, 0.25) is 0 Å². The number of hydrogen-bond acceptors (Lipinski definition) is 7. The van der Waals surface area contributed by atoms with E-state index in [9.17, 15) is 14.4 Å². The first-order chi connectivity index (χ1) is 21.2. The molecule has 2 heterocycles. The molecule has 1 spiro atoms. The van der Waals surface area contributed by atoms with Crippen LogP contribution in [0.4, 0.5) is 4.79 Å². The van der Waals surface area contributed by atoms with E-state index < -0.39 is 35.4 Å².